The van der Waals surface area contributed by atoms with E-state index in [9.17, 15) is 18.0 Å². The van der Waals surface area contributed by atoms with Crippen molar-refractivity contribution in [1.29, 1.82) is 0 Å². The molecule has 1 aromatic rings. The van der Waals surface area contributed by atoms with E-state index in [1.807, 2.05) is 17.0 Å². The van der Waals surface area contributed by atoms with Gasteiger partial charge in [0.2, 0.25) is 0 Å². The fraction of sp³-hybridized carbons (Fsp3) is 0.700. The number of likely N-dealkylation sites (N-methyl/N-ethyl adjacent to an activating group) is 1. The van der Waals surface area contributed by atoms with Gasteiger partial charge >= 0.3 is 12.1 Å². The number of thiophene rings is 1. The molecule has 1 spiro atoms. The SMILES string of the molecule is CCOCC1CCC2(CCN(C(=O)c3ccc(C)s3)CC2)N1C.O=C(O)C(F)(F)F. The highest BCUT2D eigenvalue weighted by Crippen LogP contribution is 2.40. The van der Waals surface area contributed by atoms with Crippen molar-refractivity contribution < 1.29 is 32.6 Å². The van der Waals surface area contributed by atoms with Crippen LogP contribution in [0.5, 0.6) is 0 Å². The Hall–Kier alpha value is -1.65. The average molecular weight is 451 g/mol. The number of piperidine rings is 1. The number of aryl methyl sites for hydroxylation is 1. The Bertz CT molecular complexity index is 730. The van der Waals surface area contributed by atoms with E-state index >= 15 is 0 Å². The number of hydrogen-bond acceptors (Lipinski definition) is 5. The number of ether oxygens (including phenoxy) is 1. The van der Waals surface area contributed by atoms with Gasteiger partial charge in [0.05, 0.1) is 11.5 Å². The third-order valence-corrected chi connectivity index (χ3v) is 6.92. The second-order valence-corrected chi connectivity index (χ2v) is 8.98. The number of rotatable bonds is 4. The first-order chi connectivity index (χ1) is 14.0. The maximum Gasteiger partial charge on any atom is 0.490 e. The lowest BCUT2D eigenvalue weighted by molar-refractivity contribution is -0.192. The molecule has 1 unspecified atom stereocenters. The summed E-state index contributed by atoms with van der Waals surface area (Å²) in [5, 5.41) is 7.12. The second-order valence-electron chi connectivity index (χ2n) is 7.69. The topological polar surface area (TPSA) is 70.1 Å². The molecule has 0 aromatic carbocycles. The number of amides is 1. The van der Waals surface area contributed by atoms with E-state index in [0.29, 0.717) is 6.04 Å². The summed E-state index contributed by atoms with van der Waals surface area (Å²) in [6.07, 6.45) is -0.458. The Morgan fingerprint density at radius 2 is 1.87 bits per heavy atom. The van der Waals surface area contributed by atoms with Crippen LogP contribution in [0.1, 0.15) is 47.2 Å². The van der Waals surface area contributed by atoms with Crippen molar-refractivity contribution in [2.75, 3.05) is 33.4 Å². The quantitative estimate of drug-likeness (QED) is 0.756. The van der Waals surface area contributed by atoms with Gasteiger partial charge in [0.25, 0.3) is 5.91 Å². The first-order valence-electron chi connectivity index (χ1n) is 9.96. The van der Waals surface area contributed by atoms with Gasteiger partial charge in [-0.2, -0.15) is 13.2 Å². The molecule has 1 amide bonds. The minimum atomic E-state index is -5.08. The number of hydrogen-bond donors (Lipinski definition) is 1. The van der Waals surface area contributed by atoms with Crippen LogP contribution in [-0.4, -0.2) is 77.9 Å². The lowest BCUT2D eigenvalue weighted by Gasteiger charge is -2.45. The molecule has 0 radical (unpaired) electrons. The average Bonchev–Trinajstić information content (AvgIpc) is 3.25. The zero-order valence-electron chi connectivity index (χ0n) is 17.5. The second kappa shape index (κ2) is 10.1. The Kier molecular flexibility index (Phi) is 8.29. The number of carbonyl (C=O) groups is 2. The van der Waals surface area contributed by atoms with E-state index in [1.165, 1.54) is 17.7 Å². The number of carbonyl (C=O) groups excluding carboxylic acids is 1. The van der Waals surface area contributed by atoms with Crippen LogP contribution in [0.3, 0.4) is 0 Å². The van der Waals surface area contributed by atoms with Crippen LogP contribution < -0.4 is 0 Å². The number of aliphatic carboxylic acids is 1. The summed E-state index contributed by atoms with van der Waals surface area (Å²) in [4.78, 5) is 28.2. The standard InChI is InChI=1S/C18H28N2O2S.C2HF3O2/c1-4-22-13-15-7-8-18(19(15)3)9-11-20(12-10-18)17(21)16-6-5-14(2)23-16;3-2(4,5)1(6)7/h5-6,15H,4,7-13H2,1-3H3;(H,6,7). The van der Waals surface area contributed by atoms with Crippen molar-refractivity contribution in [2.45, 2.75) is 57.3 Å². The van der Waals surface area contributed by atoms with Crippen LogP contribution in [0, 0.1) is 6.92 Å². The lowest BCUT2D eigenvalue weighted by Crippen LogP contribution is -2.54. The zero-order valence-corrected chi connectivity index (χ0v) is 18.3. The van der Waals surface area contributed by atoms with Crippen LogP contribution in [0.2, 0.25) is 0 Å². The summed E-state index contributed by atoms with van der Waals surface area (Å²) in [6, 6.07) is 4.54. The van der Waals surface area contributed by atoms with E-state index in [0.717, 1.165) is 44.0 Å². The molecule has 3 rings (SSSR count). The summed E-state index contributed by atoms with van der Waals surface area (Å²) in [6.45, 7) is 7.49. The molecule has 2 fully saturated rings. The molecule has 3 heterocycles. The van der Waals surface area contributed by atoms with Gasteiger partial charge in [0.15, 0.2) is 0 Å². The predicted octanol–water partition coefficient (Wildman–Crippen LogP) is 3.80. The Balaban J connectivity index is 0.000000396. The van der Waals surface area contributed by atoms with E-state index in [4.69, 9.17) is 14.6 Å². The van der Waals surface area contributed by atoms with Crippen molar-refractivity contribution in [3.8, 4) is 0 Å². The number of likely N-dealkylation sites (tertiary alicyclic amines) is 2. The van der Waals surface area contributed by atoms with Gasteiger partial charge in [-0.1, -0.05) is 0 Å². The number of carboxylic acids is 1. The summed E-state index contributed by atoms with van der Waals surface area (Å²) < 4.78 is 37.4. The Labute approximate surface area is 178 Å². The molecule has 1 N–H and O–H groups in total. The third-order valence-electron chi connectivity index (χ3n) is 5.93. The van der Waals surface area contributed by atoms with E-state index in [-0.39, 0.29) is 11.4 Å². The van der Waals surface area contributed by atoms with E-state index in [1.54, 1.807) is 11.3 Å². The Morgan fingerprint density at radius 3 is 2.33 bits per heavy atom. The smallest absolute Gasteiger partial charge is 0.475 e. The highest BCUT2D eigenvalue weighted by Gasteiger charge is 2.46. The normalized spacial score (nSPS) is 21.4. The lowest BCUT2D eigenvalue weighted by atomic mass is 9.85. The molecular formula is C20H29F3N2O4S. The summed E-state index contributed by atoms with van der Waals surface area (Å²) in [5.41, 5.74) is 0.282. The monoisotopic (exact) mass is 450 g/mol. The first-order valence-corrected chi connectivity index (χ1v) is 10.8. The van der Waals surface area contributed by atoms with Crippen molar-refractivity contribution in [2.24, 2.45) is 0 Å². The highest BCUT2D eigenvalue weighted by atomic mass is 32.1. The van der Waals surface area contributed by atoms with Gasteiger partial charge < -0.3 is 14.7 Å². The van der Waals surface area contributed by atoms with Crippen LogP contribution in [0.15, 0.2) is 12.1 Å². The largest absolute Gasteiger partial charge is 0.490 e. The molecule has 2 aliphatic rings. The molecule has 0 aliphatic carbocycles. The highest BCUT2D eigenvalue weighted by molar-refractivity contribution is 7.13. The van der Waals surface area contributed by atoms with Gasteiger partial charge in [-0.25, -0.2) is 4.79 Å². The summed E-state index contributed by atoms with van der Waals surface area (Å²) in [5.74, 6) is -2.54. The molecule has 6 nitrogen and oxygen atoms in total. The van der Waals surface area contributed by atoms with E-state index in [2.05, 4.69) is 25.8 Å². The van der Waals surface area contributed by atoms with Crippen LogP contribution in [0.25, 0.3) is 0 Å². The fourth-order valence-corrected chi connectivity index (χ4v) is 4.91. The molecule has 2 saturated heterocycles. The van der Waals surface area contributed by atoms with Crippen molar-refractivity contribution in [3.63, 3.8) is 0 Å². The molecule has 1 aromatic heterocycles. The van der Waals surface area contributed by atoms with Gasteiger partial charge in [0.1, 0.15) is 0 Å². The third kappa shape index (κ3) is 5.95. The molecule has 0 bridgehead atoms. The predicted molar refractivity (Wildman–Crippen MR) is 108 cm³/mol. The Morgan fingerprint density at radius 1 is 1.27 bits per heavy atom. The van der Waals surface area contributed by atoms with Crippen molar-refractivity contribution >= 4 is 23.2 Å². The van der Waals surface area contributed by atoms with Crippen molar-refractivity contribution in [3.05, 3.63) is 21.9 Å². The first kappa shape index (κ1) is 24.6. The number of halogens is 3. The van der Waals surface area contributed by atoms with Gasteiger partial charge in [-0.3, -0.25) is 9.69 Å². The molecule has 10 heteroatoms. The van der Waals surface area contributed by atoms with Gasteiger partial charge in [-0.05, 0) is 58.7 Å². The molecular weight excluding hydrogens is 421 g/mol. The number of carboxylic acid groups (broad SMARTS) is 1. The fourth-order valence-electron chi connectivity index (χ4n) is 4.08. The maximum atomic E-state index is 12.6. The van der Waals surface area contributed by atoms with Crippen LogP contribution in [0.4, 0.5) is 13.2 Å². The summed E-state index contributed by atoms with van der Waals surface area (Å²) in [7, 11) is 2.25. The molecule has 0 saturated carbocycles. The number of nitrogens with zero attached hydrogens (tertiary/aromatic N) is 2. The number of alkyl halides is 3. The molecule has 170 valence electrons. The van der Waals surface area contributed by atoms with Crippen molar-refractivity contribution in [1.82, 2.24) is 9.80 Å². The van der Waals surface area contributed by atoms with Crippen LogP contribution in [-0.2, 0) is 9.53 Å². The van der Waals surface area contributed by atoms with Crippen LogP contribution >= 0.6 is 11.3 Å². The van der Waals surface area contributed by atoms with E-state index < -0.39 is 12.1 Å². The molecule has 30 heavy (non-hydrogen) atoms. The minimum absolute atomic E-state index is 0.212. The minimum Gasteiger partial charge on any atom is -0.475 e. The molecule has 2 aliphatic heterocycles. The zero-order chi connectivity index (χ0) is 22.5. The maximum absolute atomic E-state index is 12.6. The van der Waals surface area contributed by atoms with Gasteiger partial charge in [0, 0.05) is 36.2 Å². The van der Waals surface area contributed by atoms with Gasteiger partial charge in [-0.15, -0.1) is 11.3 Å². The molecule has 1 atom stereocenters. The summed E-state index contributed by atoms with van der Waals surface area (Å²) >= 11 is 1.61.